The van der Waals surface area contributed by atoms with Crippen molar-refractivity contribution < 1.29 is 9.21 Å². The first-order chi connectivity index (χ1) is 7.36. The van der Waals surface area contributed by atoms with Crippen LogP contribution in [-0.4, -0.2) is 18.4 Å². The second-order valence-electron chi connectivity index (χ2n) is 4.10. The van der Waals surface area contributed by atoms with Gasteiger partial charge in [0.1, 0.15) is 0 Å². The molecule has 1 atom stereocenters. The number of Topliss-reactive ketones (excluding diaryl/α,β-unsaturated/α-hetero) is 1. The van der Waals surface area contributed by atoms with Crippen LogP contribution >= 0.6 is 0 Å². The Balaban J connectivity index is 1.87. The van der Waals surface area contributed by atoms with Crippen molar-refractivity contribution in [1.82, 2.24) is 5.32 Å². The summed E-state index contributed by atoms with van der Waals surface area (Å²) in [5.74, 6) is 0.598. The minimum absolute atomic E-state index is 0.111. The van der Waals surface area contributed by atoms with Gasteiger partial charge < -0.3 is 9.73 Å². The van der Waals surface area contributed by atoms with Gasteiger partial charge >= 0.3 is 0 Å². The minimum atomic E-state index is 0.111. The number of furan rings is 1. The zero-order valence-electron chi connectivity index (χ0n) is 8.87. The van der Waals surface area contributed by atoms with Crippen molar-refractivity contribution in [3.8, 4) is 0 Å². The van der Waals surface area contributed by atoms with Crippen LogP contribution < -0.4 is 5.32 Å². The molecule has 1 aromatic heterocycles. The van der Waals surface area contributed by atoms with E-state index in [1.807, 2.05) is 0 Å². The molecule has 3 heteroatoms. The largest absolute Gasteiger partial charge is 0.461 e. The van der Waals surface area contributed by atoms with Crippen molar-refractivity contribution in [2.24, 2.45) is 0 Å². The number of carbonyl (C=O) groups is 1. The molecule has 0 saturated carbocycles. The molecule has 1 aliphatic heterocycles. The third kappa shape index (κ3) is 2.93. The summed E-state index contributed by atoms with van der Waals surface area (Å²) in [5, 5.41) is 3.41. The average molecular weight is 207 g/mol. The van der Waals surface area contributed by atoms with Gasteiger partial charge in [0.2, 0.25) is 0 Å². The van der Waals surface area contributed by atoms with Crippen LogP contribution in [0.2, 0.25) is 0 Å². The lowest BCUT2D eigenvalue weighted by atomic mass is 10.0. The summed E-state index contributed by atoms with van der Waals surface area (Å²) >= 11 is 0. The van der Waals surface area contributed by atoms with Gasteiger partial charge in [-0.05, 0) is 31.5 Å². The van der Waals surface area contributed by atoms with E-state index in [0.717, 1.165) is 13.0 Å². The normalized spacial score (nSPS) is 22.3. The Morgan fingerprint density at radius 2 is 2.40 bits per heavy atom. The maximum Gasteiger partial charge on any atom is 0.199 e. The van der Waals surface area contributed by atoms with Gasteiger partial charge in [-0.1, -0.05) is 12.8 Å². The van der Waals surface area contributed by atoms with Crippen molar-refractivity contribution in [3.63, 3.8) is 0 Å². The van der Waals surface area contributed by atoms with Crippen LogP contribution in [0.25, 0.3) is 0 Å². The van der Waals surface area contributed by atoms with Gasteiger partial charge in [0, 0.05) is 12.5 Å². The second-order valence-corrected chi connectivity index (χ2v) is 4.10. The van der Waals surface area contributed by atoms with E-state index in [2.05, 4.69) is 5.32 Å². The molecule has 0 radical (unpaired) electrons. The molecule has 3 nitrogen and oxygen atoms in total. The Bertz CT molecular complexity index is 297. The maximum absolute atomic E-state index is 11.8. The summed E-state index contributed by atoms with van der Waals surface area (Å²) in [5.41, 5.74) is 0. The molecule has 0 spiro atoms. The van der Waals surface area contributed by atoms with Crippen LogP contribution in [0.1, 0.15) is 42.7 Å². The van der Waals surface area contributed by atoms with E-state index in [-0.39, 0.29) is 5.78 Å². The summed E-state index contributed by atoms with van der Waals surface area (Å²) in [6, 6.07) is 3.83. The molecule has 15 heavy (non-hydrogen) atoms. The molecule has 0 unspecified atom stereocenters. The maximum atomic E-state index is 11.8. The smallest absolute Gasteiger partial charge is 0.199 e. The Kier molecular flexibility index (Phi) is 3.56. The molecule has 0 aromatic carbocycles. The molecule has 2 rings (SSSR count). The van der Waals surface area contributed by atoms with E-state index in [9.17, 15) is 4.79 Å². The first-order valence-corrected chi connectivity index (χ1v) is 5.66. The lowest BCUT2D eigenvalue weighted by Gasteiger charge is -2.13. The number of hydrogen-bond acceptors (Lipinski definition) is 3. The van der Waals surface area contributed by atoms with E-state index in [1.165, 1.54) is 19.3 Å². The van der Waals surface area contributed by atoms with Gasteiger partial charge in [0.25, 0.3) is 0 Å². The third-order valence-electron chi connectivity index (χ3n) is 2.89. The van der Waals surface area contributed by atoms with Crippen LogP contribution in [0.5, 0.6) is 0 Å². The van der Waals surface area contributed by atoms with Gasteiger partial charge in [0.15, 0.2) is 11.5 Å². The Hall–Kier alpha value is -1.09. The number of nitrogens with one attached hydrogen (secondary N) is 1. The molecular weight excluding hydrogens is 190 g/mol. The van der Waals surface area contributed by atoms with Gasteiger partial charge in [-0.15, -0.1) is 0 Å². The fraction of sp³-hybridized carbons (Fsp3) is 0.583. The molecule has 1 aromatic rings. The summed E-state index contributed by atoms with van der Waals surface area (Å²) in [6.45, 7) is 1.04. The summed E-state index contributed by atoms with van der Waals surface area (Å²) < 4.78 is 5.09. The van der Waals surface area contributed by atoms with Gasteiger partial charge in [-0.2, -0.15) is 0 Å². The standard InChI is InChI=1S/C12H17NO2/c14-11(12-6-4-8-15-12)9-10-5-2-1-3-7-13-10/h4,6,8,10,13H,1-3,5,7,9H2/t10-/m0/s1. The molecule has 1 saturated heterocycles. The average Bonchev–Trinajstić information content (AvgIpc) is 2.65. The Labute approximate surface area is 89.9 Å². The third-order valence-corrected chi connectivity index (χ3v) is 2.89. The number of rotatable bonds is 3. The topological polar surface area (TPSA) is 42.2 Å². The van der Waals surface area contributed by atoms with E-state index in [4.69, 9.17) is 4.42 Å². The highest BCUT2D eigenvalue weighted by molar-refractivity contribution is 5.93. The van der Waals surface area contributed by atoms with Crippen molar-refractivity contribution in [1.29, 1.82) is 0 Å². The van der Waals surface area contributed by atoms with E-state index in [0.29, 0.717) is 18.2 Å². The van der Waals surface area contributed by atoms with Crippen LogP contribution in [0, 0.1) is 0 Å². The predicted octanol–water partition coefficient (Wildman–Crippen LogP) is 2.38. The van der Waals surface area contributed by atoms with Crippen LogP contribution in [0.15, 0.2) is 22.8 Å². The van der Waals surface area contributed by atoms with Gasteiger partial charge in [-0.3, -0.25) is 4.79 Å². The quantitative estimate of drug-likeness (QED) is 0.774. The fourth-order valence-corrected chi connectivity index (χ4v) is 2.04. The lowest BCUT2D eigenvalue weighted by Crippen LogP contribution is -2.30. The summed E-state index contributed by atoms with van der Waals surface area (Å²) in [7, 11) is 0. The van der Waals surface area contributed by atoms with Crippen molar-refractivity contribution >= 4 is 5.78 Å². The first kappa shape index (κ1) is 10.4. The summed E-state index contributed by atoms with van der Waals surface area (Å²) in [6.07, 6.45) is 6.95. The van der Waals surface area contributed by atoms with Crippen molar-refractivity contribution in [3.05, 3.63) is 24.2 Å². The van der Waals surface area contributed by atoms with Crippen LogP contribution in [0.4, 0.5) is 0 Å². The molecule has 2 heterocycles. The summed E-state index contributed by atoms with van der Waals surface area (Å²) in [4.78, 5) is 11.8. The molecule has 0 bridgehead atoms. The highest BCUT2D eigenvalue weighted by atomic mass is 16.3. The number of hydrogen-bond donors (Lipinski definition) is 1. The number of ketones is 1. The van der Waals surface area contributed by atoms with Crippen molar-refractivity contribution in [2.45, 2.75) is 38.1 Å². The molecule has 1 fully saturated rings. The number of carbonyl (C=O) groups excluding carboxylic acids is 1. The van der Waals surface area contributed by atoms with E-state index >= 15 is 0 Å². The Morgan fingerprint density at radius 3 is 3.20 bits per heavy atom. The predicted molar refractivity (Wildman–Crippen MR) is 57.9 cm³/mol. The van der Waals surface area contributed by atoms with E-state index < -0.39 is 0 Å². The molecule has 0 amide bonds. The van der Waals surface area contributed by atoms with Crippen LogP contribution in [-0.2, 0) is 0 Å². The molecule has 1 N–H and O–H groups in total. The first-order valence-electron chi connectivity index (χ1n) is 5.66. The van der Waals surface area contributed by atoms with Crippen molar-refractivity contribution in [2.75, 3.05) is 6.54 Å². The van der Waals surface area contributed by atoms with Gasteiger partial charge in [-0.25, -0.2) is 0 Å². The van der Waals surface area contributed by atoms with E-state index in [1.54, 1.807) is 18.4 Å². The Morgan fingerprint density at radius 1 is 1.47 bits per heavy atom. The second kappa shape index (κ2) is 5.12. The molecular formula is C12H17NO2. The highest BCUT2D eigenvalue weighted by Crippen LogP contribution is 2.14. The zero-order valence-corrected chi connectivity index (χ0v) is 8.87. The highest BCUT2D eigenvalue weighted by Gasteiger charge is 2.17. The molecule has 0 aliphatic carbocycles. The SMILES string of the molecule is O=C(C[C@@H]1CCCCCN1)c1ccco1. The zero-order chi connectivity index (χ0) is 10.5. The fourth-order valence-electron chi connectivity index (χ4n) is 2.04. The molecule has 82 valence electrons. The molecule has 1 aliphatic rings. The monoisotopic (exact) mass is 207 g/mol. The van der Waals surface area contributed by atoms with Crippen LogP contribution in [0.3, 0.4) is 0 Å². The van der Waals surface area contributed by atoms with Gasteiger partial charge in [0.05, 0.1) is 6.26 Å². The minimum Gasteiger partial charge on any atom is -0.461 e. The lowest BCUT2D eigenvalue weighted by molar-refractivity contribution is 0.0941.